The number of halogens is 3. The van der Waals surface area contributed by atoms with Crippen LogP contribution in [0, 0.1) is 0 Å². The fourth-order valence-electron chi connectivity index (χ4n) is 0.807. The smallest absolute Gasteiger partial charge is 0.405 e. The number of hydrogen-bond acceptors (Lipinski definition) is 3. The number of carbonyl (C=O) groups excluding carboxylic acids is 1. The fourth-order valence-corrected chi connectivity index (χ4v) is 0.807. The van der Waals surface area contributed by atoms with Gasteiger partial charge in [0.2, 0.25) is 5.91 Å². The summed E-state index contributed by atoms with van der Waals surface area (Å²) in [6, 6.07) is -0.934. The highest BCUT2D eigenvalue weighted by atomic mass is 19.4. The third-order valence-electron chi connectivity index (χ3n) is 1.90. The highest BCUT2D eigenvalue weighted by molar-refractivity contribution is 5.79. The molecule has 0 heterocycles. The van der Waals surface area contributed by atoms with Gasteiger partial charge in [0.25, 0.3) is 0 Å². The summed E-state index contributed by atoms with van der Waals surface area (Å²) in [6.45, 7) is -0.482. The summed E-state index contributed by atoms with van der Waals surface area (Å²) in [4.78, 5) is 22.6. The lowest BCUT2D eigenvalue weighted by Gasteiger charge is -2.20. The molecule has 1 atom stereocenters. The van der Waals surface area contributed by atoms with E-state index >= 15 is 0 Å². The maximum absolute atomic E-state index is 11.7. The molecule has 16 heavy (non-hydrogen) atoms. The molecule has 94 valence electrons. The van der Waals surface area contributed by atoms with E-state index in [2.05, 4.69) is 0 Å². The van der Waals surface area contributed by atoms with E-state index in [1.807, 2.05) is 0 Å². The predicted molar refractivity (Wildman–Crippen MR) is 48.8 cm³/mol. The van der Waals surface area contributed by atoms with Crippen LogP contribution < -0.4 is 5.32 Å². The zero-order valence-electron chi connectivity index (χ0n) is 8.84. The molecule has 0 spiro atoms. The molecule has 0 aromatic rings. The van der Waals surface area contributed by atoms with Gasteiger partial charge in [-0.15, -0.1) is 0 Å². The molecule has 8 heteroatoms. The largest absolute Gasteiger partial charge is 0.480 e. The van der Waals surface area contributed by atoms with Crippen molar-refractivity contribution in [2.45, 2.75) is 19.1 Å². The Morgan fingerprint density at radius 1 is 1.44 bits per heavy atom. The minimum atomic E-state index is -4.47. The lowest BCUT2D eigenvalue weighted by molar-refractivity contribution is -0.144. The van der Waals surface area contributed by atoms with Crippen molar-refractivity contribution in [3.05, 3.63) is 0 Å². The molecule has 2 N–H and O–H groups in total. The van der Waals surface area contributed by atoms with Gasteiger partial charge in [-0.05, 0) is 14.0 Å². The third-order valence-corrected chi connectivity index (χ3v) is 1.90. The number of carboxylic acid groups (broad SMARTS) is 1. The van der Waals surface area contributed by atoms with Crippen LogP contribution in [-0.4, -0.2) is 54.2 Å². The predicted octanol–water partition coefficient (Wildman–Crippen LogP) is 0.0698. The first-order valence-corrected chi connectivity index (χ1v) is 4.40. The summed E-state index contributed by atoms with van der Waals surface area (Å²) in [5.74, 6) is -2.01. The van der Waals surface area contributed by atoms with Crippen LogP contribution >= 0.6 is 0 Å². The van der Waals surface area contributed by atoms with E-state index < -0.39 is 37.2 Å². The number of likely N-dealkylation sites (N-methyl/N-ethyl adjacent to an activating group) is 1. The van der Waals surface area contributed by atoms with Gasteiger partial charge >= 0.3 is 12.1 Å². The Kier molecular flexibility index (Phi) is 5.22. The Labute approximate surface area is 90.2 Å². The Balaban J connectivity index is 4.01. The van der Waals surface area contributed by atoms with Gasteiger partial charge in [0, 0.05) is 0 Å². The van der Waals surface area contributed by atoms with Gasteiger partial charge in [0.15, 0.2) is 0 Å². The molecule has 0 saturated heterocycles. The van der Waals surface area contributed by atoms with Crippen molar-refractivity contribution in [3.63, 3.8) is 0 Å². The van der Waals surface area contributed by atoms with Gasteiger partial charge in [-0.1, -0.05) is 0 Å². The molecule has 0 fully saturated rings. The van der Waals surface area contributed by atoms with Gasteiger partial charge in [0.05, 0.1) is 6.54 Å². The van der Waals surface area contributed by atoms with Gasteiger partial charge in [-0.3, -0.25) is 14.5 Å². The van der Waals surface area contributed by atoms with Crippen molar-refractivity contribution in [1.29, 1.82) is 0 Å². The Morgan fingerprint density at radius 2 is 1.94 bits per heavy atom. The number of hydrogen-bond donors (Lipinski definition) is 2. The molecule has 0 aromatic carbocycles. The van der Waals surface area contributed by atoms with Crippen LogP contribution in [0.25, 0.3) is 0 Å². The zero-order chi connectivity index (χ0) is 12.9. The van der Waals surface area contributed by atoms with Crippen molar-refractivity contribution in [2.24, 2.45) is 0 Å². The molecule has 1 unspecified atom stereocenters. The molecule has 5 nitrogen and oxygen atoms in total. The Morgan fingerprint density at radius 3 is 2.31 bits per heavy atom. The van der Waals surface area contributed by atoms with Gasteiger partial charge in [-0.2, -0.15) is 13.2 Å². The molecular weight excluding hydrogens is 229 g/mol. The minimum absolute atomic E-state index is 0.399. The van der Waals surface area contributed by atoms with Crippen molar-refractivity contribution in [1.82, 2.24) is 10.2 Å². The molecular formula is C8H13F3N2O3. The van der Waals surface area contributed by atoms with Crippen molar-refractivity contribution in [2.75, 3.05) is 20.1 Å². The lowest BCUT2D eigenvalue weighted by atomic mass is 10.3. The SMILES string of the molecule is CC(C(=O)O)N(C)CC(=O)NCC(F)(F)F. The summed E-state index contributed by atoms with van der Waals surface area (Å²) >= 11 is 0. The second-order valence-electron chi connectivity index (χ2n) is 3.32. The summed E-state index contributed by atoms with van der Waals surface area (Å²) in [5, 5.41) is 10.2. The van der Waals surface area contributed by atoms with Crippen LogP contribution in [0.1, 0.15) is 6.92 Å². The van der Waals surface area contributed by atoms with Crippen LogP contribution in [0.2, 0.25) is 0 Å². The molecule has 0 aliphatic carbocycles. The van der Waals surface area contributed by atoms with Crippen molar-refractivity contribution in [3.8, 4) is 0 Å². The number of amides is 1. The topological polar surface area (TPSA) is 69.6 Å². The maximum Gasteiger partial charge on any atom is 0.405 e. The molecule has 0 saturated carbocycles. The molecule has 0 rings (SSSR count). The average Bonchev–Trinajstić information content (AvgIpc) is 2.12. The van der Waals surface area contributed by atoms with E-state index in [0.29, 0.717) is 0 Å². The van der Waals surface area contributed by atoms with Crippen molar-refractivity contribution < 1.29 is 27.9 Å². The van der Waals surface area contributed by atoms with Gasteiger partial charge < -0.3 is 10.4 Å². The minimum Gasteiger partial charge on any atom is -0.480 e. The second-order valence-corrected chi connectivity index (χ2v) is 3.32. The van der Waals surface area contributed by atoms with Crippen LogP contribution in [0.5, 0.6) is 0 Å². The lowest BCUT2D eigenvalue weighted by Crippen LogP contribution is -2.44. The molecule has 1 amide bonds. The van der Waals surface area contributed by atoms with Crippen LogP contribution in [0.4, 0.5) is 13.2 Å². The maximum atomic E-state index is 11.7. The standard InChI is InChI=1S/C8H13F3N2O3/c1-5(7(15)16)13(2)3-6(14)12-4-8(9,10)11/h5H,3-4H2,1-2H3,(H,12,14)(H,15,16). The van der Waals surface area contributed by atoms with Crippen LogP contribution in [0.3, 0.4) is 0 Å². The first-order valence-electron chi connectivity index (χ1n) is 4.40. The van der Waals surface area contributed by atoms with E-state index in [9.17, 15) is 22.8 Å². The number of nitrogens with zero attached hydrogens (tertiary/aromatic N) is 1. The van der Waals surface area contributed by atoms with E-state index in [0.717, 1.165) is 4.90 Å². The summed E-state index contributed by atoms with van der Waals surface area (Å²) in [5.41, 5.74) is 0. The van der Waals surface area contributed by atoms with Gasteiger partial charge in [0.1, 0.15) is 12.6 Å². The van der Waals surface area contributed by atoms with E-state index in [1.165, 1.54) is 14.0 Å². The summed E-state index contributed by atoms with van der Waals surface area (Å²) in [6.07, 6.45) is -4.47. The Hall–Kier alpha value is -1.31. The number of carbonyl (C=O) groups is 2. The highest BCUT2D eigenvalue weighted by Crippen LogP contribution is 2.12. The number of aliphatic carboxylic acids is 1. The number of alkyl halides is 3. The summed E-state index contributed by atoms with van der Waals surface area (Å²) < 4.78 is 35.2. The fraction of sp³-hybridized carbons (Fsp3) is 0.750. The average molecular weight is 242 g/mol. The quantitative estimate of drug-likeness (QED) is 0.715. The number of rotatable bonds is 5. The summed E-state index contributed by atoms with van der Waals surface area (Å²) in [7, 11) is 1.34. The second kappa shape index (κ2) is 5.69. The number of carboxylic acids is 1. The van der Waals surface area contributed by atoms with E-state index in [4.69, 9.17) is 5.11 Å². The molecule has 0 radical (unpaired) electrons. The zero-order valence-corrected chi connectivity index (χ0v) is 8.84. The third kappa shape index (κ3) is 6.23. The normalized spacial score (nSPS) is 13.6. The van der Waals surface area contributed by atoms with Crippen LogP contribution in [0.15, 0.2) is 0 Å². The molecule has 0 bridgehead atoms. The number of nitrogens with one attached hydrogen (secondary N) is 1. The highest BCUT2D eigenvalue weighted by Gasteiger charge is 2.28. The Bertz CT molecular complexity index is 268. The molecule has 0 aliphatic rings. The van der Waals surface area contributed by atoms with Crippen LogP contribution in [-0.2, 0) is 9.59 Å². The molecule has 0 aliphatic heterocycles. The molecule has 0 aromatic heterocycles. The van der Waals surface area contributed by atoms with E-state index in [-0.39, 0.29) is 0 Å². The first-order chi connectivity index (χ1) is 7.13. The van der Waals surface area contributed by atoms with Gasteiger partial charge in [-0.25, -0.2) is 0 Å². The van der Waals surface area contributed by atoms with E-state index in [1.54, 1.807) is 5.32 Å². The van der Waals surface area contributed by atoms with Crippen molar-refractivity contribution >= 4 is 11.9 Å². The first kappa shape index (κ1) is 14.7. The monoisotopic (exact) mass is 242 g/mol.